The third-order valence-corrected chi connectivity index (χ3v) is 11.6. The van der Waals surface area contributed by atoms with Crippen LogP contribution in [0.15, 0.2) is 60.8 Å². The van der Waals surface area contributed by atoms with E-state index >= 15 is 0 Å². The molecule has 0 amide bonds. The summed E-state index contributed by atoms with van der Waals surface area (Å²) in [6, 6.07) is 16.7. The average Bonchev–Trinajstić information content (AvgIpc) is 2.99. The maximum absolute atomic E-state index is 14.5. The van der Waals surface area contributed by atoms with Crippen molar-refractivity contribution in [1.29, 1.82) is 0 Å². The largest absolute Gasteiger partial charge is 0.465 e. The number of esters is 1. The molecule has 0 saturated heterocycles. The number of ether oxygens (including phenoxy) is 1. The summed E-state index contributed by atoms with van der Waals surface area (Å²) in [5.41, 5.74) is 3.24. The van der Waals surface area contributed by atoms with Crippen LogP contribution < -0.4 is 5.46 Å². The van der Waals surface area contributed by atoms with Gasteiger partial charge in [0.25, 0.3) is 0 Å². The second-order valence-corrected chi connectivity index (χ2v) is 17.1. The summed E-state index contributed by atoms with van der Waals surface area (Å²) >= 11 is 4.48. The fourth-order valence-corrected chi connectivity index (χ4v) is 7.23. The molecule has 2 aromatic rings. The zero-order chi connectivity index (χ0) is 35.8. The van der Waals surface area contributed by atoms with Gasteiger partial charge in [0.1, 0.15) is 14.1 Å². The molecule has 0 saturated carbocycles. The lowest BCUT2D eigenvalue weighted by Gasteiger charge is -2.60. The number of aldehydes is 1. The minimum absolute atomic E-state index is 0.0882. The van der Waals surface area contributed by atoms with Crippen LogP contribution >= 0.6 is 12.6 Å². The van der Waals surface area contributed by atoms with E-state index in [0.717, 1.165) is 29.4 Å². The van der Waals surface area contributed by atoms with Gasteiger partial charge in [-0.15, -0.1) is 0 Å². The molecule has 2 atom stereocenters. The van der Waals surface area contributed by atoms with Crippen LogP contribution in [0.4, 0.5) is 0 Å². The fraction of sp³-hybridized carbons (Fsp3) is 0.610. The van der Waals surface area contributed by atoms with Crippen molar-refractivity contribution in [3.05, 3.63) is 77.5 Å². The lowest BCUT2D eigenvalue weighted by atomic mass is 9.43. The Kier molecular flexibility index (Phi) is 14.1. The number of allylic oxidation sites excluding steroid dienone is 1. The summed E-state index contributed by atoms with van der Waals surface area (Å²) in [5.74, 6) is 0.747. The van der Waals surface area contributed by atoms with Crippen LogP contribution in [0.3, 0.4) is 0 Å². The Morgan fingerprint density at radius 1 is 0.957 bits per heavy atom. The monoisotopic (exact) mass is 659 g/mol. The van der Waals surface area contributed by atoms with Crippen molar-refractivity contribution in [3.8, 4) is 0 Å². The van der Waals surface area contributed by atoms with Gasteiger partial charge in [-0.1, -0.05) is 130 Å². The van der Waals surface area contributed by atoms with Gasteiger partial charge >= 0.3 is 5.97 Å². The second-order valence-electron chi connectivity index (χ2n) is 16.8. The van der Waals surface area contributed by atoms with Crippen LogP contribution in [-0.2, 0) is 26.6 Å². The lowest BCUT2D eigenvalue weighted by molar-refractivity contribution is -0.187. The van der Waals surface area contributed by atoms with E-state index in [9.17, 15) is 9.59 Å². The van der Waals surface area contributed by atoms with Crippen molar-refractivity contribution in [2.24, 2.45) is 27.1 Å². The normalized spacial score (nSPS) is 14.6. The van der Waals surface area contributed by atoms with Crippen molar-refractivity contribution in [3.63, 3.8) is 0 Å². The molecule has 2 unspecified atom stereocenters. The summed E-state index contributed by atoms with van der Waals surface area (Å²) in [7, 11) is 6.25. The third-order valence-electron chi connectivity index (χ3n) is 11.2. The first-order valence-corrected chi connectivity index (χ1v) is 17.8. The maximum Gasteiger partial charge on any atom is 0.312 e. The highest BCUT2D eigenvalue weighted by atomic mass is 32.1. The van der Waals surface area contributed by atoms with E-state index in [1.807, 2.05) is 24.3 Å². The quantitative estimate of drug-likeness (QED) is 0.0604. The van der Waals surface area contributed by atoms with Gasteiger partial charge in [0, 0.05) is 31.0 Å². The average molecular weight is 660 g/mol. The molecule has 0 aliphatic rings. The van der Waals surface area contributed by atoms with Gasteiger partial charge in [-0.3, -0.25) is 4.79 Å². The summed E-state index contributed by atoms with van der Waals surface area (Å²) in [4.78, 5) is 27.7. The van der Waals surface area contributed by atoms with Gasteiger partial charge in [-0.2, -0.15) is 12.6 Å². The molecular formula is C41H62BNO3S. The molecule has 258 valence electrons. The van der Waals surface area contributed by atoms with E-state index in [2.05, 4.69) is 125 Å². The highest BCUT2D eigenvalue weighted by molar-refractivity contribution is 7.79. The molecule has 2 radical (unpaired) electrons. The Labute approximate surface area is 294 Å². The van der Waals surface area contributed by atoms with E-state index < -0.39 is 10.8 Å². The molecular weight excluding hydrogens is 597 g/mol. The highest BCUT2D eigenvalue weighted by Gasteiger charge is 2.62. The fourth-order valence-electron chi connectivity index (χ4n) is 7.02. The van der Waals surface area contributed by atoms with E-state index in [0.29, 0.717) is 44.7 Å². The molecule has 0 heterocycles. The SMILES string of the molecule is [B]c1ccccc1CN(CCCOC(=O)C(C)(C(C)(C)C)C(C)(C)C(C)(C)C(CC(C)(C)C)c1ccc(CS)cc1)C(=C)CCC=O. The van der Waals surface area contributed by atoms with Crippen molar-refractivity contribution in [2.75, 3.05) is 13.2 Å². The van der Waals surface area contributed by atoms with Crippen LogP contribution in [0.5, 0.6) is 0 Å². The highest BCUT2D eigenvalue weighted by Crippen LogP contribution is 2.64. The van der Waals surface area contributed by atoms with Crippen LogP contribution in [-0.4, -0.2) is 38.2 Å². The number of thiol groups is 1. The number of benzene rings is 2. The maximum atomic E-state index is 14.5. The number of carbonyl (C=O) groups is 2. The molecule has 2 rings (SSSR count). The molecule has 0 fully saturated rings. The van der Waals surface area contributed by atoms with Gasteiger partial charge in [-0.25, -0.2) is 0 Å². The summed E-state index contributed by atoms with van der Waals surface area (Å²) < 4.78 is 6.23. The Bertz CT molecular complexity index is 1340. The standard InChI is InChI=1S/C41H62BNO3S/c1-30(17-15-25-44)43(28-33-18-13-14-19-35(33)42)24-16-26-46-36(45)41(12,38(5,6)7)40(10,11)39(8,9)34(27-37(2,3)4)32-22-20-31(29-47)21-23-32/h13-14,18-23,25,34,47H,1,15-17,24,26-29H2,2-12H3. The van der Waals surface area contributed by atoms with Gasteiger partial charge in [-0.05, 0) is 70.5 Å². The van der Waals surface area contributed by atoms with Gasteiger partial charge in [0.15, 0.2) is 0 Å². The van der Waals surface area contributed by atoms with E-state index in [1.54, 1.807) is 0 Å². The number of carbonyl (C=O) groups excluding carboxylic acids is 2. The van der Waals surface area contributed by atoms with Crippen LogP contribution in [0.2, 0.25) is 0 Å². The van der Waals surface area contributed by atoms with Crippen molar-refractivity contribution in [1.82, 2.24) is 4.90 Å². The molecule has 47 heavy (non-hydrogen) atoms. The first-order chi connectivity index (χ1) is 21.6. The van der Waals surface area contributed by atoms with Crippen LogP contribution in [0, 0.1) is 27.1 Å². The van der Waals surface area contributed by atoms with Gasteiger partial charge < -0.3 is 14.4 Å². The first-order valence-electron chi connectivity index (χ1n) is 17.2. The Hall–Kier alpha value is -2.47. The Morgan fingerprint density at radius 3 is 2.06 bits per heavy atom. The summed E-state index contributed by atoms with van der Waals surface area (Å²) in [6.45, 7) is 30.5. The second kappa shape index (κ2) is 16.3. The number of nitrogens with zero attached hydrogens (tertiary/aromatic N) is 1. The zero-order valence-electron chi connectivity index (χ0n) is 31.3. The Morgan fingerprint density at radius 2 is 1.55 bits per heavy atom. The van der Waals surface area contributed by atoms with E-state index in [4.69, 9.17) is 12.6 Å². The summed E-state index contributed by atoms with van der Waals surface area (Å²) in [5, 5.41) is 0. The smallest absolute Gasteiger partial charge is 0.312 e. The minimum atomic E-state index is -0.809. The summed E-state index contributed by atoms with van der Waals surface area (Å²) in [6.07, 6.45) is 3.52. The van der Waals surface area contributed by atoms with Gasteiger partial charge in [0.2, 0.25) is 0 Å². The number of rotatable bonds is 17. The molecule has 0 N–H and O–H groups in total. The molecule has 0 aromatic heterocycles. The number of hydrogen-bond donors (Lipinski definition) is 1. The topological polar surface area (TPSA) is 46.6 Å². The molecule has 0 aliphatic heterocycles. The minimum Gasteiger partial charge on any atom is -0.465 e. The molecule has 2 aromatic carbocycles. The van der Waals surface area contributed by atoms with E-state index in [-0.39, 0.29) is 28.1 Å². The lowest BCUT2D eigenvalue weighted by Crippen LogP contribution is -2.59. The van der Waals surface area contributed by atoms with Gasteiger partial charge in [0.05, 0.1) is 12.0 Å². The molecule has 4 nitrogen and oxygen atoms in total. The molecule has 0 bridgehead atoms. The molecule has 0 aliphatic carbocycles. The molecule has 6 heteroatoms. The van der Waals surface area contributed by atoms with E-state index in [1.165, 1.54) is 11.1 Å². The first kappa shape index (κ1) is 40.7. The van der Waals surface area contributed by atoms with Crippen molar-refractivity contribution in [2.45, 2.75) is 120 Å². The Balaban J connectivity index is 2.36. The predicted molar refractivity (Wildman–Crippen MR) is 203 cm³/mol. The molecule has 0 spiro atoms. The number of hydrogen-bond acceptors (Lipinski definition) is 5. The third kappa shape index (κ3) is 9.80. The van der Waals surface area contributed by atoms with Crippen LogP contribution in [0.25, 0.3) is 0 Å². The zero-order valence-corrected chi connectivity index (χ0v) is 32.2. The van der Waals surface area contributed by atoms with Crippen molar-refractivity contribution >= 4 is 38.2 Å². The van der Waals surface area contributed by atoms with Crippen molar-refractivity contribution < 1.29 is 14.3 Å². The van der Waals surface area contributed by atoms with Crippen LogP contribution in [0.1, 0.15) is 124 Å². The predicted octanol–water partition coefficient (Wildman–Crippen LogP) is 9.46.